The normalized spacial score (nSPS) is 23.2. The van der Waals surface area contributed by atoms with E-state index in [0.717, 1.165) is 37.1 Å². The molecule has 37 heavy (non-hydrogen) atoms. The number of fused-ring (bicyclic) bond motifs is 5. The van der Waals surface area contributed by atoms with Crippen molar-refractivity contribution in [3.05, 3.63) is 48.9 Å². The van der Waals surface area contributed by atoms with Crippen LogP contribution in [-0.4, -0.2) is 51.2 Å². The van der Waals surface area contributed by atoms with Crippen molar-refractivity contribution in [3.63, 3.8) is 0 Å². The lowest BCUT2D eigenvalue weighted by Gasteiger charge is -2.47. The quantitative estimate of drug-likeness (QED) is 0.331. The minimum absolute atomic E-state index is 0.170. The highest BCUT2D eigenvalue weighted by molar-refractivity contribution is 5.96. The van der Waals surface area contributed by atoms with Gasteiger partial charge in [0.15, 0.2) is 5.65 Å². The van der Waals surface area contributed by atoms with Crippen LogP contribution >= 0.6 is 0 Å². The van der Waals surface area contributed by atoms with Gasteiger partial charge >= 0.3 is 5.97 Å². The van der Waals surface area contributed by atoms with E-state index in [0.29, 0.717) is 33.8 Å². The van der Waals surface area contributed by atoms with Gasteiger partial charge in [-0.15, -0.1) is 0 Å². The minimum atomic E-state index is -0.761. The Kier molecular flexibility index (Phi) is 4.82. The molecular formula is C26H25FN8O2. The molecule has 0 aromatic carbocycles. The number of anilines is 1. The number of H-pyrrole nitrogens is 1. The molecule has 3 saturated carbocycles. The fraction of sp³-hybridized carbons (Fsp3) is 0.346. The van der Waals surface area contributed by atoms with Crippen LogP contribution in [-0.2, 0) is 11.8 Å². The molecule has 0 amide bonds. The van der Waals surface area contributed by atoms with Crippen molar-refractivity contribution in [2.75, 3.05) is 5.32 Å². The summed E-state index contributed by atoms with van der Waals surface area (Å²) in [7, 11) is 1.85. The van der Waals surface area contributed by atoms with Crippen molar-refractivity contribution in [2.24, 2.45) is 24.8 Å². The Morgan fingerprint density at radius 2 is 2.00 bits per heavy atom. The predicted molar refractivity (Wildman–Crippen MR) is 134 cm³/mol. The molecule has 8 rings (SSSR count). The number of nitrogens with one attached hydrogen (secondary N) is 2. The van der Waals surface area contributed by atoms with Crippen LogP contribution in [0.3, 0.4) is 0 Å². The zero-order chi connectivity index (χ0) is 25.3. The molecule has 5 heterocycles. The summed E-state index contributed by atoms with van der Waals surface area (Å²) >= 11 is 0. The first-order chi connectivity index (χ1) is 18.0. The van der Waals surface area contributed by atoms with E-state index >= 15 is 0 Å². The highest BCUT2D eigenvalue weighted by Gasteiger charge is 2.47. The lowest BCUT2D eigenvalue weighted by molar-refractivity contribution is -0.148. The van der Waals surface area contributed by atoms with Gasteiger partial charge in [0.25, 0.3) is 0 Å². The van der Waals surface area contributed by atoms with Crippen LogP contribution < -0.4 is 5.32 Å². The lowest BCUT2D eigenvalue weighted by Crippen LogP contribution is -2.51. The number of carbonyl (C=O) groups is 1. The van der Waals surface area contributed by atoms with E-state index in [2.05, 4.69) is 25.4 Å². The number of hydrogen-bond donors (Lipinski definition) is 3. The molecule has 0 unspecified atom stereocenters. The molecule has 0 aliphatic heterocycles. The smallest absolute Gasteiger partial charge is 0.308 e. The Labute approximate surface area is 210 Å². The van der Waals surface area contributed by atoms with Gasteiger partial charge in [0.05, 0.1) is 30.2 Å². The van der Waals surface area contributed by atoms with Crippen LogP contribution in [0.15, 0.2) is 43.1 Å². The maximum Gasteiger partial charge on any atom is 0.308 e. The molecule has 3 aliphatic rings. The molecule has 5 aromatic heterocycles. The van der Waals surface area contributed by atoms with Crippen LogP contribution in [0.4, 0.5) is 10.2 Å². The molecule has 3 fully saturated rings. The van der Waals surface area contributed by atoms with Crippen molar-refractivity contribution in [1.29, 1.82) is 0 Å². The summed E-state index contributed by atoms with van der Waals surface area (Å²) in [6, 6.07) is 3.12. The third-order valence-corrected chi connectivity index (χ3v) is 8.04. The zero-order valence-corrected chi connectivity index (χ0v) is 20.1. The maximum absolute atomic E-state index is 14.1. The van der Waals surface area contributed by atoms with Gasteiger partial charge in [-0.2, -0.15) is 5.10 Å². The molecule has 5 aromatic rings. The van der Waals surface area contributed by atoms with Crippen LogP contribution in [0.1, 0.15) is 25.7 Å². The third-order valence-electron chi connectivity index (χ3n) is 8.04. The molecule has 3 aliphatic carbocycles. The van der Waals surface area contributed by atoms with E-state index in [1.807, 2.05) is 29.9 Å². The minimum Gasteiger partial charge on any atom is -0.481 e. The van der Waals surface area contributed by atoms with Gasteiger partial charge in [-0.3, -0.25) is 13.9 Å². The van der Waals surface area contributed by atoms with Crippen LogP contribution in [0.25, 0.3) is 39.3 Å². The van der Waals surface area contributed by atoms with Crippen molar-refractivity contribution in [1.82, 2.24) is 34.1 Å². The van der Waals surface area contributed by atoms with Crippen molar-refractivity contribution in [2.45, 2.75) is 31.7 Å². The summed E-state index contributed by atoms with van der Waals surface area (Å²) in [5.74, 6) is -0.681. The number of imidazole rings is 1. The second kappa shape index (κ2) is 8.12. The number of carboxylic acid groups (broad SMARTS) is 1. The summed E-state index contributed by atoms with van der Waals surface area (Å²) in [5, 5.41) is 18.7. The molecule has 0 radical (unpaired) electrons. The number of aliphatic carboxylic acids is 1. The first-order valence-electron chi connectivity index (χ1n) is 12.5. The fourth-order valence-corrected chi connectivity index (χ4v) is 6.34. The van der Waals surface area contributed by atoms with E-state index in [9.17, 15) is 14.3 Å². The second-order valence-electron chi connectivity index (χ2n) is 10.1. The molecule has 3 N–H and O–H groups in total. The maximum atomic E-state index is 14.1. The van der Waals surface area contributed by atoms with E-state index in [1.165, 1.54) is 12.3 Å². The zero-order valence-electron chi connectivity index (χ0n) is 20.1. The third kappa shape index (κ3) is 3.48. The van der Waals surface area contributed by atoms with E-state index in [1.54, 1.807) is 17.1 Å². The Bertz CT molecular complexity index is 1660. The average molecular weight is 501 g/mol. The number of halogens is 1. The van der Waals surface area contributed by atoms with Crippen LogP contribution in [0.5, 0.6) is 0 Å². The average Bonchev–Trinajstić information content (AvgIpc) is 3.62. The monoisotopic (exact) mass is 500 g/mol. The summed E-state index contributed by atoms with van der Waals surface area (Å²) in [5.41, 5.74) is 3.83. The van der Waals surface area contributed by atoms with Crippen molar-refractivity contribution < 1.29 is 14.3 Å². The summed E-state index contributed by atoms with van der Waals surface area (Å²) in [4.78, 5) is 29.1. The number of aromatic nitrogens is 7. The molecule has 2 atom stereocenters. The van der Waals surface area contributed by atoms with Gasteiger partial charge in [-0.05, 0) is 49.7 Å². The Balaban J connectivity index is 1.41. The Hall–Kier alpha value is -4.28. The van der Waals surface area contributed by atoms with Crippen molar-refractivity contribution >= 4 is 28.5 Å². The van der Waals surface area contributed by atoms with Gasteiger partial charge in [-0.1, -0.05) is 0 Å². The highest BCUT2D eigenvalue weighted by Crippen LogP contribution is 2.46. The lowest BCUT2D eigenvalue weighted by atomic mass is 9.61. The largest absolute Gasteiger partial charge is 0.481 e. The number of aryl methyl sites for hydroxylation is 1. The topological polar surface area (TPSA) is 126 Å². The Morgan fingerprint density at radius 1 is 1.19 bits per heavy atom. The predicted octanol–water partition coefficient (Wildman–Crippen LogP) is 4.11. The summed E-state index contributed by atoms with van der Waals surface area (Å²) < 4.78 is 17.8. The molecule has 10 nitrogen and oxygen atoms in total. The van der Waals surface area contributed by atoms with Gasteiger partial charge in [0.1, 0.15) is 28.7 Å². The SMILES string of the molecule is Cn1ccc(-c2cnc3c(-c4c[nH]c5ncc(F)cc45)nc(N[C@H]4C5CCC(CC5)[C@@H]4C(=O)O)cn23)n1. The molecule has 188 valence electrons. The molecule has 11 heteroatoms. The van der Waals surface area contributed by atoms with Crippen LogP contribution in [0.2, 0.25) is 0 Å². The number of aromatic amines is 1. The van der Waals surface area contributed by atoms with Crippen molar-refractivity contribution in [3.8, 4) is 22.6 Å². The standard InChI is InChI=1S/C26H25FN8O2/c1-34-7-6-18(33-34)19-11-30-25-23(17-10-29-24-16(17)8-15(27)9-28-24)32-20(12-35(19)25)31-22-14-4-2-13(3-5-14)21(22)26(36)37/h6-14,21-22,31H,2-5H2,1H3,(H,28,29)(H,36,37)/t13?,14?,21-,22-/m0/s1. The summed E-state index contributed by atoms with van der Waals surface area (Å²) in [6.07, 6.45) is 12.3. The Morgan fingerprint density at radius 3 is 2.76 bits per heavy atom. The molecular weight excluding hydrogens is 475 g/mol. The molecule has 0 saturated heterocycles. The first-order valence-corrected chi connectivity index (χ1v) is 12.5. The number of hydrogen-bond acceptors (Lipinski definition) is 6. The highest BCUT2D eigenvalue weighted by atomic mass is 19.1. The number of rotatable bonds is 5. The van der Waals surface area contributed by atoms with Gasteiger partial charge in [0, 0.05) is 36.4 Å². The van der Waals surface area contributed by atoms with E-state index < -0.39 is 17.7 Å². The van der Waals surface area contributed by atoms with Crippen LogP contribution in [0, 0.1) is 23.6 Å². The van der Waals surface area contributed by atoms with Gasteiger partial charge in [0.2, 0.25) is 0 Å². The fourth-order valence-electron chi connectivity index (χ4n) is 6.34. The van der Waals surface area contributed by atoms with E-state index in [-0.39, 0.29) is 17.9 Å². The molecule has 0 spiro atoms. The summed E-state index contributed by atoms with van der Waals surface area (Å²) in [6.45, 7) is 0. The number of nitrogens with zero attached hydrogens (tertiary/aromatic N) is 6. The first kappa shape index (κ1) is 22.0. The molecule has 2 bridgehead atoms. The number of carboxylic acids is 1. The van der Waals surface area contributed by atoms with Gasteiger partial charge < -0.3 is 15.4 Å². The second-order valence-corrected chi connectivity index (χ2v) is 10.1. The van der Waals surface area contributed by atoms with Gasteiger partial charge in [-0.25, -0.2) is 19.3 Å². The van der Waals surface area contributed by atoms with E-state index in [4.69, 9.17) is 4.98 Å². The number of pyridine rings is 1.